The van der Waals surface area contributed by atoms with Gasteiger partial charge in [-0.05, 0) is 251 Å². The molecule has 12 aliphatic rings. The van der Waals surface area contributed by atoms with Gasteiger partial charge >= 0.3 is 42.2 Å². The molecule has 31 heteroatoms. The van der Waals surface area contributed by atoms with E-state index in [9.17, 15) is 33.6 Å². The van der Waals surface area contributed by atoms with Crippen LogP contribution in [0.25, 0.3) is 0 Å². The van der Waals surface area contributed by atoms with Crippen molar-refractivity contribution >= 4 is 42.2 Å². The minimum atomic E-state index is -0.143. The zero-order valence-corrected chi connectivity index (χ0v) is 89.5. The van der Waals surface area contributed by atoms with Gasteiger partial charge in [0.25, 0.3) is 0 Å². The molecule has 0 aromatic carbocycles. The Bertz CT molecular complexity index is 3390. The first-order valence-electron chi connectivity index (χ1n) is 50.8. The van der Waals surface area contributed by atoms with Gasteiger partial charge in [-0.25, -0.2) is 33.6 Å². The molecule has 12 fully saturated rings. The van der Waals surface area contributed by atoms with Crippen LogP contribution < -0.4 is 5.32 Å². The molecule has 0 saturated carbocycles. The molecule has 0 aromatic rings. The van der Waals surface area contributed by atoms with Gasteiger partial charge in [-0.15, -0.1) is 0 Å². The van der Waals surface area contributed by atoms with Gasteiger partial charge in [-0.2, -0.15) is 0 Å². The summed E-state index contributed by atoms with van der Waals surface area (Å²) >= 11 is 0. The van der Waals surface area contributed by atoms with Crippen LogP contribution in [-0.4, -0.2) is 485 Å². The summed E-state index contributed by atoms with van der Waals surface area (Å²) in [5, 5.41) is 3.39. The first kappa shape index (κ1) is 113. The molecule has 0 aromatic heterocycles. The van der Waals surface area contributed by atoms with Crippen molar-refractivity contribution in [3.63, 3.8) is 0 Å². The predicted octanol–water partition coefficient (Wildman–Crippen LogP) is 12.7. The fraction of sp³-hybridized carbons (Fsp3) is 0.929. The lowest BCUT2D eigenvalue weighted by Gasteiger charge is -2.59. The Kier molecular flexibility index (Phi) is 43.6. The number of amides is 14. The van der Waals surface area contributed by atoms with Crippen LogP contribution in [0.2, 0.25) is 0 Å². The Morgan fingerprint density at radius 3 is 0.977 bits per heavy atom. The molecule has 4 unspecified atom stereocenters. The minimum absolute atomic E-state index is 0.115. The third-order valence-electron chi connectivity index (χ3n) is 30.6. The number of urea groups is 7. The zero-order valence-electron chi connectivity index (χ0n) is 89.5. The predicted molar refractivity (Wildman–Crippen MR) is 529 cm³/mol. The minimum Gasteiger partial charge on any atom is -0.377 e. The average Bonchev–Trinajstić information content (AvgIpc) is 1.01. The number of carbonyl (C=O) groups excluding carboxylic acids is 7. The molecule has 12 heterocycles. The fourth-order valence-corrected chi connectivity index (χ4v) is 18.8. The summed E-state index contributed by atoms with van der Waals surface area (Å²) in [4.78, 5) is 129. The van der Waals surface area contributed by atoms with Crippen molar-refractivity contribution in [3.8, 4) is 0 Å². The average molecular weight is 1840 g/mol. The molecule has 130 heavy (non-hydrogen) atoms. The smallest absolute Gasteiger partial charge is 0.320 e. The van der Waals surface area contributed by atoms with E-state index in [0.29, 0.717) is 100 Å². The second-order valence-electron chi connectivity index (χ2n) is 44.4. The highest BCUT2D eigenvalue weighted by atomic mass is 16.5. The largest absolute Gasteiger partial charge is 0.377 e. The van der Waals surface area contributed by atoms with Gasteiger partial charge in [0.15, 0.2) is 0 Å². The van der Waals surface area contributed by atoms with Gasteiger partial charge in [0.05, 0.1) is 61.7 Å². The molecule has 12 saturated heterocycles. The van der Waals surface area contributed by atoms with E-state index < -0.39 is 0 Å². The van der Waals surface area contributed by atoms with Gasteiger partial charge in [-0.3, -0.25) is 24.5 Å². The van der Waals surface area contributed by atoms with E-state index in [-0.39, 0.29) is 112 Å². The van der Waals surface area contributed by atoms with E-state index in [2.05, 4.69) is 195 Å². The van der Waals surface area contributed by atoms with Crippen molar-refractivity contribution in [1.29, 1.82) is 0 Å². The molecule has 5 spiro atoms. The number of likely N-dealkylation sites (N-methyl/N-ethyl adjacent to an activating group) is 1. The van der Waals surface area contributed by atoms with Gasteiger partial charge in [-0.1, -0.05) is 13.8 Å². The van der Waals surface area contributed by atoms with E-state index in [1.54, 1.807) is 4.90 Å². The van der Waals surface area contributed by atoms with Crippen molar-refractivity contribution in [2.75, 3.05) is 220 Å². The van der Waals surface area contributed by atoms with E-state index in [0.717, 1.165) is 156 Å². The SMILES string of the molecule is CC(C)N(C)CC1CCN1C(=O)N(C)C(C)C.CC(C)N1CC2(CCCCN2C(=O)N(C)C(C)C)C1.CC(C)N1CC2(CCCCN2C(=O)N(C)C(C)C)C1.CC(C)N1CC2(CN(C(=O)N(C)C(C)C)CCO2)C1.CC(C)N1CCC2(CN(C(=O)N(C)C(C)C)CCO2)C1.CC(C)N1CCC2(COCCN2C(=O)N(C)C(C)C)C1.CC(C)NCC1CCN1C(=O)N(C)C(C)C. The Hall–Kier alpha value is -5.51. The van der Waals surface area contributed by atoms with Crippen LogP contribution in [-0.2, 0) is 14.2 Å². The first-order valence-corrected chi connectivity index (χ1v) is 50.8. The summed E-state index contributed by atoms with van der Waals surface area (Å²) in [6, 6.07) is 7.57. The van der Waals surface area contributed by atoms with Crippen molar-refractivity contribution < 1.29 is 47.8 Å². The summed E-state index contributed by atoms with van der Waals surface area (Å²) in [7, 11) is 15.4. The van der Waals surface area contributed by atoms with Gasteiger partial charge in [0, 0.05) is 270 Å². The maximum Gasteiger partial charge on any atom is 0.320 e. The third kappa shape index (κ3) is 29.5. The second kappa shape index (κ2) is 50.0. The lowest BCUT2D eigenvalue weighted by Crippen LogP contribution is -2.74. The normalized spacial score (nSPS) is 23.8. The quantitative estimate of drug-likeness (QED) is 0.135. The van der Waals surface area contributed by atoms with Crippen LogP contribution >= 0.6 is 0 Å². The first-order chi connectivity index (χ1) is 60.6. The maximum atomic E-state index is 12.8. The zero-order chi connectivity index (χ0) is 97.9. The standard InChI is InChI=1S/2C15H29N3O2.2C15H29N3O.C14H27N3O2.C13H27N3O.C12H25N3O/c1-12(2)16(5)14(19)18-8-9-20-11-15(18)6-7-17(10-15)13(3)4;1-12(2)16(5)14(19)18-8-9-20-15(11-18)6-7-17(10-15)13(3)4;2*1-12(2)16(5)14(19)18-9-7-6-8-15(18)10-17(11-15)13(3)4;1-11(2)15(5)13(18)16-6-7-19-14(8-16)9-17(10-14)12(3)4;1-10(2)14(5)9-12-7-8-16(12)13(17)15(6)11(3)4;1-9(2)13-8-11-6-7-15(11)12(16)14(5)10(3)4/h2*12-13H,6-11H2,1-5H3;2*12-13H,6-11H2,1-5H3;11-12H,6-10H2,1-5H3;10-12H,7-9H2,1-6H3;9-11,13H,6-8H2,1-5H3. The van der Waals surface area contributed by atoms with E-state index in [1.165, 1.54) is 25.7 Å². The summed E-state index contributed by atoms with van der Waals surface area (Å²) in [6.45, 7) is 81.5. The monoisotopic (exact) mass is 1840 g/mol. The van der Waals surface area contributed by atoms with Gasteiger partial charge in [0.2, 0.25) is 0 Å². The summed E-state index contributed by atoms with van der Waals surface area (Å²) < 4.78 is 17.7. The number of carbonyl (C=O) groups is 7. The van der Waals surface area contributed by atoms with Crippen molar-refractivity contribution in [1.82, 2.24) is 103 Å². The maximum absolute atomic E-state index is 12.8. The van der Waals surface area contributed by atoms with Crippen LogP contribution in [0, 0.1) is 0 Å². The van der Waals surface area contributed by atoms with E-state index in [1.807, 2.05) is 154 Å². The molecule has 14 amide bonds. The molecule has 756 valence electrons. The molecule has 12 rings (SSSR count). The van der Waals surface area contributed by atoms with Crippen LogP contribution in [0.5, 0.6) is 0 Å². The molecule has 12 aliphatic heterocycles. The van der Waals surface area contributed by atoms with Crippen LogP contribution in [0.4, 0.5) is 33.6 Å². The lowest BCUT2D eigenvalue weighted by atomic mass is 9.79. The Morgan fingerprint density at radius 1 is 0.308 bits per heavy atom. The Balaban J connectivity index is 0.000000234. The molecule has 31 nitrogen and oxygen atoms in total. The van der Waals surface area contributed by atoms with Crippen LogP contribution in [0.3, 0.4) is 0 Å². The van der Waals surface area contributed by atoms with E-state index >= 15 is 0 Å². The molecule has 1 N–H and O–H groups in total. The van der Waals surface area contributed by atoms with E-state index in [4.69, 9.17) is 14.2 Å². The number of morpholine rings is 3. The van der Waals surface area contributed by atoms with Gasteiger partial charge < -0.3 is 93.0 Å². The number of ether oxygens (including phenoxy) is 3. The molecular weight excluding hydrogens is 1640 g/mol. The number of piperidine rings is 2. The number of hydrogen-bond donors (Lipinski definition) is 1. The van der Waals surface area contributed by atoms with Crippen LogP contribution in [0.1, 0.15) is 258 Å². The topological polar surface area (TPSA) is 224 Å². The third-order valence-corrected chi connectivity index (χ3v) is 30.6. The number of nitrogens with one attached hydrogen (secondary N) is 1. The summed E-state index contributed by atoms with van der Waals surface area (Å²) in [5.41, 5.74) is -0.125. The summed E-state index contributed by atoms with van der Waals surface area (Å²) in [6.07, 6.45) is 11.5. The highest BCUT2D eigenvalue weighted by Crippen LogP contribution is 2.42. The van der Waals surface area contributed by atoms with Crippen LogP contribution in [0.15, 0.2) is 0 Å². The highest BCUT2D eigenvalue weighted by Gasteiger charge is 2.55. The molecule has 0 radical (unpaired) electrons. The van der Waals surface area contributed by atoms with Gasteiger partial charge in [0.1, 0.15) is 5.60 Å². The van der Waals surface area contributed by atoms with Crippen molar-refractivity contribution in [2.45, 2.75) is 383 Å². The lowest BCUT2D eigenvalue weighted by molar-refractivity contribution is -0.184. The number of hydrogen-bond acceptors (Lipinski definition) is 17. The van der Waals surface area contributed by atoms with Crippen molar-refractivity contribution in [2.24, 2.45) is 0 Å². The number of nitrogens with zero attached hydrogens (tertiary/aromatic N) is 20. The number of rotatable bonds is 18. The molecule has 0 bridgehead atoms. The molecule has 4 atom stereocenters. The van der Waals surface area contributed by atoms with Crippen molar-refractivity contribution in [3.05, 3.63) is 0 Å². The summed E-state index contributed by atoms with van der Waals surface area (Å²) in [5.74, 6) is 0. The second-order valence-corrected chi connectivity index (χ2v) is 44.4. The number of likely N-dealkylation sites (tertiary alicyclic amines) is 9. The Morgan fingerprint density at radius 2 is 0.631 bits per heavy atom. The molecular formula is C99H195N21O10. The highest BCUT2D eigenvalue weighted by molar-refractivity contribution is 5.79. The molecule has 0 aliphatic carbocycles. The fourth-order valence-electron chi connectivity index (χ4n) is 18.8. The Labute approximate surface area is 792 Å².